The van der Waals surface area contributed by atoms with Crippen LogP contribution >= 0.6 is 12.4 Å². The van der Waals surface area contributed by atoms with Crippen LogP contribution in [0.3, 0.4) is 0 Å². The molecule has 0 aliphatic carbocycles. The van der Waals surface area contributed by atoms with Gasteiger partial charge in [0.2, 0.25) is 11.8 Å². The lowest BCUT2D eigenvalue weighted by Gasteiger charge is -2.33. The van der Waals surface area contributed by atoms with E-state index in [2.05, 4.69) is 10.6 Å². The lowest BCUT2D eigenvalue weighted by molar-refractivity contribution is -0.147. The van der Waals surface area contributed by atoms with Gasteiger partial charge in [-0.1, -0.05) is 6.07 Å². The summed E-state index contributed by atoms with van der Waals surface area (Å²) in [6.07, 6.45) is 2.24. The first kappa shape index (κ1) is 23.4. The molecule has 1 heterocycles. The van der Waals surface area contributed by atoms with E-state index < -0.39 is 23.8 Å². The van der Waals surface area contributed by atoms with E-state index in [1.165, 1.54) is 18.1 Å². The molecule has 1 fully saturated rings. The van der Waals surface area contributed by atoms with Crippen molar-refractivity contribution in [2.24, 2.45) is 5.73 Å². The minimum atomic E-state index is -0.596. The fourth-order valence-electron chi connectivity index (χ4n) is 2.91. The number of carbonyl (C=O) groups is 4. The number of likely N-dealkylation sites (tertiary alicyclic amines) is 1. The number of hydrogen-bond acceptors (Lipinski definition) is 6. The first-order chi connectivity index (χ1) is 13.0. The maximum Gasteiger partial charge on any atom is 0.328 e. The van der Waals surface area contributed by atoms with Crippen LogP contribution in [0.15, 0.2) is 24.3 Å². The van der Waals surface area contributed by atoms with Crippen LogP contribution in [0.4, 0.5) is 5.69 Å². The maximum atomic E-state index is 12.9. The number of nitrogens with zero attached hydrogens (tertiary/aromatic N) is 1. The highest BCUT2D eigenvalue weighted by Crippen LogP contribution is 2.22. The van der Waals surface area contributed by atoms with Crippen LogP contribution in [0.5, 0.6) is 0 Å². The third-order valence-corrected chi connectivity index (χ3v) is 4.26. The topological polar surface area (TPSA) is 131 Å². The third-order valence-electron chi connectivity index (χ3n) is 4.26. The van der Waals surface area contributed by atoms with Crippen molar-refractivity contribution >= 4 is 41.8 Å². The van der Waals surface area contributed by atoms with Gasteiger partial charge in [-0.15, -0.1) is 12.4 Å². The number of nitrogens with two attached hydrogens (primary N) is 1. The van der Waals surface area contributed by atoms with Gasteiger partial charge in [-0.25, -0.2) is 4.79 Å². The van der Waals surface area contributed by atoms with Crippen molar-refractivity contribution in [3.63, 3.8) is 0 Å². The summed E-state index contributed by atoms with van der Waals surface area (Å²) in [4.78, 5) is 49.3. The van der Waals surface area contributed by atoms with Crippen molar-refractivity contribution in [3.05, 3.63) is 29.8 Å². The average molecular weight is 413 g/mol. The lowest BCUT2D eigenvalue weighted by atomic mass is 10.0. The van der Waals surface area contributed by atoms with Crippen molar-refractivity contribution in [3.8, 4) is 0 Å². The molecule has 28 heavy (non-hydrogen) atoms. The molecule has 0 bridgehead atoms. The molecule has 3 amide bonds. The van der Waals surface area contributed by atoms with E-state index in [0.29, 0.717) is 24.2 Å². The Morgan fingerprint density at radius 1 is 1.21 bits per heavy atom. The summed E-state index contributed by atoms with van der Waals surface area (Å²) in [5, 5.41) is 4.97. The Labute approximate surface area is 169 Å². The van der Waals surface area contributed by atoms with Crippen molar-refractivity contribution in [2.75, 3.05) is 32.1 Å². The number of rotatable bonds is 6. The van der Waals surface area contributed by atoms with E-state index >= 15 is 0 Å². The number of carbonyl (C=O) groups excluding carboxylic acids is 4. The minimum Gasteiger partial charge on any atom is -0.467 e. The Bertz CT molecular complexity index is 728. The van der Waals surface area contributed by atoms with Gasteiger partial charge in [-0.3, -0.25) is 14.4 Å². The molecule has 154 valence electrons. The molecule has 1 aromatic rings. The smallest absolute Gasteiger partial charge is 0.328 e. The number of halogens is 1. The quantitative estimate of drug-likeness (QED) is 0.575. The number of piperidine rings is 1. The zero-order chi connectivity index (χ0) is 19.8. The fraction of sp³-hybridized carbons (Fsp3) is 0.444. The Balaban J connectivity index is 0.00000392. The van der Waals surface area contributed by atoms with Gasteiger partial charge in [-0.05, 0) is 37.5 Å². The molecule has 1 atom stereocenters. The lowest BCUT2D eigenvalue weighted by Crippen LogP contribution is -2.48. The zero-order valence-electron chi connectivity index (χ0n) is 15.6. The normalized spacial score (nSPS) is 15.8. The van der Waals surface area contributed by atoms with Gasteiger partial charge in [0.05, 0.1) is 20.2 Å². The molecular weight excluding hydrogens is 388 g/mol. The number of amides is 3. The second-order valence-electron chi connectivity index (χ2n) is 6.14. The van der Waals surface area contributed by atoms with Gasteiger partial charge in [0, 0.05) is 17.8 Å². The minimum absolute atomic E-state index is 0. The van der Waals surface area contributed by atoms with Crippen LogP contribution in [0.25, 0.3) is 0 Å². The summed E-state index contributed by atoms with van der Waals surface area (Å²) in [5.74, 6) is -1.60. The maximum absolute atomic E-state index is 12.9. The van der Waals surface area contributed by atoms with Crippen molar-refractivity contribution in [2.45, 2.75) is 25.3 Å². The summed E-state index contributed by atoms with van der Waals surface area (Å²) in [6, 6.07) is 5.83. The number of methoxy groups -OCH3 is 1. The van der Waals surface area contributed by atoms with E-state index in [1.807, 2.05) is 0 Å². The molecule has 9 nitrogen and oxygen atoms in total. The standard InChI is InChI=1S/C18H24N4O5.ClH/c1-27-18(26)14-7-2-3-8-22(14)17(25)12-5-4-6-13(9-12)21-16(24)11-20-15(23)10-19;/h4-6,9,14H,2-3,7-8,10-11,19H2,1H3,(H,20,23)(H,21,24);1H. The second-order valence-corrected chi connectivity index (χ2v) is 6.14. The highest BCUT2D eigenvalue weighted by Gasteiger charge is 2.33. The van der Waals surface area contributed by atoms with E-state index in [0.717, 1.165) is 12.8 Å². The Morgan fingerprint density at radius 3 is 2.64 bits per heavy atom. The predicted octanol–water partition coefficient (Wildman–Crippen LogP) is 0.290. The van der Waals surface area contributed by atoms with Crippen molar-refractivity contribution in [1.82, 2.24) is 10.2 Å². The van der Waals surface area contributed by atoms with Gasteiger partial charge in [0.25, 0.3) is 5.91 Å². The van der Waals surface area contributed by atoms with E-state index in [-0.39, 0.29) is 31.4 Å². The molecule has 0 saturated carbocycles. The SMILES string of the molecule is COC(=O)C1CCCCN1C(=O)c1cccc(NC(=O)CNC(=O)CN)c1.Cl. The Morgan fingerprint density at radius 2 is 1.96 bits per heavy atom. The summed E-state index contributed by atoms with van der Waals surface area (Å²) in [5.41, 5.74) is 5.93. The second kappa shape index (κ2) is 11.3. The molecule has 10 heteroatoms. The predicted molar refractivity (Wildman–Crippen MR) is 105 cm³/mol. The number of hydrogen-bond donors (Lipinski definition) is 3. The molecule has 1 unspecified atom stereocenters. The summed E-state index contributed by atoms with van der Waals surface area (Å²) in [7, 11) is 1.30. The van der Waals surface area contributed by atoms with Gasteiger partial charge in [0.1, 0.15) is 6.04 Å². The summed E-state index contributed by atoms with van der Waals surface area (Å²) < 4.78 is 4.80. The number of esters is 1. The molecule has 0 spiro atoms. The zero-order valence-corrected chi connectivity index (χ0v) is 16.4. The van der Waals surface area contributed by atoms with Gasteiger partial charge in [-0.2, -0.15) is 0 Å². The van der Waals surface area contributed by atoms with Crippen LogP contribution < -0.4 is 16.4 Å². The molecule has 0 aromatic heterocycles. The first-order valence-electron chi connectivity index (χ1n) is 8.71. The monoisotopic (exact) mass is 412 g/mol. The highest BCUT2D eigenvalue weighted by molar-refractivity contribution is 5.99. The van der Waals surface area contributed by atoms with E-state index in [1.54, 1.807) is 18.2 Å². The molecule has 1 saturated heterocycles. The third kappa shape index (κ3) is 6.21. The van der Waals surface area contributed by atoms with Crippen LogP contribution in [-0.4, -0.2) is 61.4 Å². The van der Waals surface area contributed by atoms with Crippen LogP contribution in [-0.2, 0) is 19.1 Å². The number of anilines is 1. The number of nitrogens with one attached hydrogen (secondary N) is 2. The Hall–Kier alpha value is -2.65. The molecule has 1 aliphatic heterocycles. The molecule has 1 aromatic carbocycles. The van der Waals surface area contributed by atoms with Crippen LogP contribution in [0, 0.1) is 0 Å². The summed E-state index contributed by atoms with van der Waals surface area (Å²) >= 11 is 0. The van der Waals surface area contributed by atoms with Crippen molar-refractivity contribution < 1.29 is 23.9 Å². The van der Waals surface area contributed by atoms with Crippen LogP contribution in [0.2, 0.25) is 0 Å². The number of benzene rings is 1. The van der Waals surface area contributed by atoms with E-state index in [9.17, 15) is 19.2 Å². The largest absolute Gasteiger partial charge is 0.467 e. The molecular formula is C18H25ClN4O5. The van der Waals surface area contributed by atoms with Gasteiger partial charge >= 0.3 is 5.97 Å². The Kier molecular flexibility index (Phi) is 9.40. The van der Waals surface area contributed by atoms with Gasteiger partial charge in [0.15, 0.2) is 0 Å². The van der Waals surface area contributed by atoms with Gasteiger partial charge < -0.3 is 26.0 Å². The fourth-order valence-corrected chi connectivity index (χ4v) is 2.91. The average Bonchev–Trinajstić information content (AvgIpc) is 2.71. The molecule has 1 aliphatic rings. The molecule has 2 rings (SSSR count). The van der Waals surface area contributed by atoms with Crippen molar-refractivity contribution in [1.29, 1.82) is 0 Å². The highest BCUT2D eigenvalue weighted by atomic mass is 35.5. The number of ether oxygens (including phenoxy) is 1. The molecule has 4 N–H and O–H groups in total. The first-order valence-corrected chi connectivity index (χ1v) is 8.71. The van der Waals surface area contributed by atoms with Crippen LogP contribution in [0.1, 0.15) is 29.6 Å². The van der Waals surface area contributed by atoms with E-state index in [4.69, 9.17) is 10.5 Å². The molecule has 0 radical (unpaired) electrons. The summed E-state index contributed by atoms with van der Waals surface area (Å²) in [6.45, 7) is 0.0551.